The SMILES string of the molecule is CCOC(=O)c1cc(Cl)c(F)c(Cl)c1. The Morgan fingerprint density at radius 2 is 1.93 bits per heavy atom. The molecule has 0 atom stereocenters. The maximum Gasteiger partial charge on any atom is 0.338 e. The summed E-state index contributed by atoms with van der Waals surface area (Å²) in [4.78, 5) is 11.2. The highest BCUT2D eigenvalue weighted by Crippen LogP contribution is 2.24. The van der Waals surface area contributed by atoms with Crippen LogP contribution in [0.4, 0.5) is 4.39 Å². The van der Waals surface area contributed by atoms with Gasteiger partial charge >= 0.3 is 5.97 Å². The van der Waals surface area contributed by atoms with Gasteiger partial charge in [-0.25, -0.2) is 9.18 Å². The van der Waals surface area contributed by atoms with Gasteiger partial charge in [0.25, 0.3) is 0 Å². The molecule has 0 unspecified atom stereocenters. The minimum absolute atomic E-state index is 0.142. The van der Waals surface area contributed by atoms with Gasteiger partial charge in [0.15, 0.2) is 5.82 Å². The summed E-state index contributed by atoms with van der Waals surface area (Å²) in [6.07, 6.45) is 0. The Hall–Kier alpha value is -0.800. The zero-order chi connectivity index (χ0) is 10.7. The van der Waals surface area contributed by atoms with E-state index in [4.69, 9.17) is 27.9 Å². The van der Waals surface area contributed by atoms with Gasteiger partial charge in [-0.1, -0.05) is 23.2 Å². The number of hydrogen-bond donors (Lipinski definition) is 0. The molecule has 0 spiro atoms. The van der Waals surface area contributed by atoms with E-state index in [-0.39, 0.29) is 22.2 Å². The Morgan fingerprint density at radius 3 is 2.36 bits per heavy atom. The van der Waals surface area contributed by atoms with Crippen LogP contribution >= 0.6 is 23.2 Å². The van der Waals surface area contributed by atoms with Gasteiger partial charge in [-0.15, -0.1) is 0 Å². The lowest BCUT2D eigenvalue weighted by molar-refractivity contribution is 0.0526. The first kappa shape index (κ1) is 11.3. The third-order valence-electron chi connectivity index (χ3n) is 1.49. The topological polar surface area (TPSA) is 26.3 Å². The number of esters is 1. The van der Waals surface area contributed by atoms with E-state index in [1.165, 1.54) is 12.1 Å². The summed E-state index contributed by atoms with van der Waals surface area (Å²) in [5.74, 6) is -1.31. The van der Waals surface area contributed by atoms with Crippen molar-refractivity contribution in [3.63, 3.8) is 0 Å². The Kier molecular flexibility index (Phi) is 3.72. The number of benzene rings is 1. The molecule has 2 nitrogen and oxygen atoms in total. The number of carbonyl (C=O) groups excluding carboxylic acids is 1. The first-order valence-electron chi connectivity index (χ1n) is 3.88. The van der Waals surface area contributed by atoms with Crippen molar-refractivity contribution in [3.8, 4) is 0 Å². The number of carbonyl (C=O) groups is 1. The molecule has 0 saturated carbocycles. The molecule has 76 valence electrons. The summed E-state index contributed by atoms with van der Waals surface area (Å²) in [5.41, 5.74) is 0.142. The second kappa shape index (κ2) is 4.62. The molecular formula is C9H7Cl2FO2. The fourth-order valence-electron chi connectivity index (χ4n) is 0.888. The third kappa shape index (κ3) is 2.36. The van der Waals surface area contributed by atoms with Crippen LogP contribution in [0, 0.1) is 5.82 Å². The third-order valence-corrected chi connectivity index (χ3v) is 2.05. The summed E-state index contributed by atoms with van der Waals surface area (Å²) >= 11 is 11.0. The molecule has 1 aromatic rings. The molecule has 0 radical (unpaired) electrons. The van der Waals surface area contributed by atoms with Crippen molar-refractivity contribution in [2.75, 3.05) is 6.61 Å². The van der Waals surface area contributed by atoms with Crippen molar-refractivity contribution in [1.29, 1.82) is 0 Å². The Bertz CT molecular complexity index is 343. The largest absolute Gasteiger partial charge is 0.462 e. The molecule has 0 aliphatic heterocycles. The molecule has 0 heterocycles. The lowest BCUT2D eigenvalue weighted by Gasteiger charge is -2.03. The van der Waals surface area contributed by atoms with Gasteiger partial charge in [0.2, 0.25) is 0 Å². The van der Waals surface area contributed by atoms with Crippen molar-refractivity contribution in [2.24, 2.45) is 0 Å². The Morgan fingerprint density at radius 1 is 1.43 bits per heavy atom. The summed E-state index contributed by atoms with van der Waals surface area (Å²) in [6.45, 7) is 1.91. The van der Waals surface area contributed by atoms with Crippen LogP contribution in [0.1, 0.15) is 17.3 Å². The smallest absolute Gasteiger partial charge is 0.338 e. The summed E-state index contributed by atoms with van der Waals surface area (Å²) in [5, 5.41) is -0.388. The van der Waals surface area contributed by atoms with Crippen LogP contribution in [0.2, 0.25) is 10.0 Å². The minimum Gasteiger partial charge on any atom is -0.462 e. The average Bonchev–Trinajstić information content (AvgIpc) is 2.13. The lowest BCUT2D eigenvalue weighted by Crippen LogP contribution is -2.04. The van der Waals surface area contributed by atoms with E-state index in [2.05, 4.69) is 0 Å². The van der Waals surface area contributed by atoms with Crippen LogP contribution in [0.15, 0.2) is 12.1 Å². The highest BCUT2D eigenvalue weighted by atomic mass is 35.5. The van der Waals surface area contributed by atoms with E-state index in [9.17, 15) is 9.18 Å². The highest BCUT2D eigenvalue weighted by molar-refractivity contribution is 6.35. The predicted molar refractivity (Wildman–Crippen MR) is 52.4 cm³/mol. The molecule has 1 aromatic carbocycles. The van der Waals surface area contributed by atoms with Crippen LogP contribution in [0.3, 0.4) is 0 Å². The summed E-state index contributed by atoms with van der Waals surface area (Å²) in [7, 11) is 0. The van der Waals surface area contributed by atoms with Crippen molar-refractivity contribution in [3.05, 3.63) is 33.6 Å². The van der Waals surface area contributed by atoms with E-state index >= 15 is 0 Å². The minimum atomic E-state index is -0.735. The first-order chi connectivity index (χ1) is 6.56. The average molecular weight is 237 g/mol. The van der Waals surface area contributed by atoms with Crippen molar-refractivity contribution >= 4 is 29.2 Å². The van der Waals surface area contributed by atoms with E-state index in [1.54, 1.807) is 6.92 Å². The van der Waals surface area contributed by atoms with E-state index in [1.807, 2.05) is 0 Å². The standard InChI is InChI=1S/C9H7Cl2FO2/c1-2-14-9(13)5-3-6(10)8(12)7(11)4-5/h3-4H,2H2,1H3. The zero-order valence-electron chi connectivity index (χ0n) is 7.31. The quantitative estimate of drug-likeness (QED) is 0.582. The number of ether oxygens (including phenoxy) is 1. The summed E-state index contributed by atoms with van der Waals surface area (Å²) < 4.78 is 17.6. The Balaban J connectivity index is 3.06. The van der Waals surface area contributed by atoms with E-state index < -0.39 is 11.8 Å². The van der Waals surface area contributed by atoms with Gasteiger partial charge in [-0.3, -0.25) is 0 Å². The summed E-state index contributed by atoms with van der Waals surface area (Å²) in [6, 6.07) is 2.36. The van der Waals surface area contributed by atoms with Gasteiger partial charge in [0, 0.05) is 0 Å². The number of rotatable bonds is 2. The molecule has 1 rings (SSSR count). The molecule has 0 saturated heterocycles. The van der Waals surface area contributed by atoms with Crippen LogP contribution < -0.4 is 0 Å². The van der Waals surface area contributed by atoms with Crippen LogP contribution in [0.25, 0.3) is 0 Å². The predicted octanol–water partition coefficient (Wildman–Crippen LogP) is 3.31. The zero-order valence-corrected chi connectivity index (χ0v) is 8.82. The van der Waals surface area contributed by atoms with Crippen LogP contribution in [-0.4, -0.2) is 12.6 Å². The van der Waals surface area contributed by atoms with Gasteiger partial charge < -0.3 is 4.74 Å². The van der Waals surface area contributed by atoms with Gasteiger partial charge in [0.1, 0.15) is 0 Å². The molecule has 0 amide bonds. The molecule has 0 fully saturated rings. The molecule has 0 aromatic heterocycles. The maximum absolute atomic E-state index is 12.9. The monoisotopic (exact) mass is 236 g/mol. The lowest BCUT2D eigenvalue weighted by atomic mass is 10.2. The van der Waals surface area contributed by atoms with E-state index in [0.717, 1.165) is 0 Å². The van der Waals surface area contributed by atoms with Crippen molar-refractivity contribution in [1.82, 2.24) is 0 Å². The van der Waals surface area contributed by atoms with Crippen LogP contribution in [0.5, 0.6) is 0 Å². The highest BCUT2D eigenvalue weighted by Gasteiger charge is 2.13. The molecule has 14 heavy (non-hydrogen) atoms. The first-order valence-corrected chi connectivity index (χ1v) is 4.63. The van der Waals surface area contributed by atoms with Crippen molar-refractivity contribution in [2.45, 2.75) is 6.92 Å². The second-order valence-corrected chi connectivity index (χ2v) is 3.29. The molecule has 0 bridgehead atoms. The van der Waals surface area contributed by atoms with Crippen molar-refractivity contribution < 1.29 is 13.9 Å². The van der Waals surface area contributed by atoms with Gasteiger partial charge in [-0.05, 0) is 19.1 Å². The van der Waals surface area contributed by atoms with Gasteiger partial charge in [-0.2, -0.15) is 0 Å². The second-order valence-electron chi connectivity index (χ2n) is 2.47. The maximum atomic E-state index is 12.9. The Labute approximate surface area is 90.6 Å². The number of hydrogen-bond acceptors (Lipinski definition) is 2. The number of halogens is 3. The molecule has 0 aliphatic carbocycles. The fraction of sp³-hybridized carbons (Fsp3) is 0.222. The fourth-order valence-corrected chi connectivity index (χ4v) is 1.37. The van der Waals surface area contributed by atoms with Gasteiger partial charge in [0.05, 0.1) is 22.2 Å². The molecular weight excluding hydrogens is 230 g/mol. The normalized spacial score (nSPS) is 10.0. The molecule has 5 heteroatoms. The molecule has 0 aliphatic rings. The van der Waals surface area contributed by atoms with Crippen LogP contribution in [-0.2, 0) is 4.74 Å². The molecule has 0 N–H and O–H groups in total. The van der Waals surface area contributed by atoms with E-state index in [0.29, 0.717) is 0 Å².